The Morgan fingerprint density at radius 2 is 0.303 bits per heavy atom. The average molecular weight is 596 g/mol. The fourth-order valence-corrected chi connectivity index (χ4v) is 4.47. The summed E-state index contributed by atoms with van der Waals surface area (Å²) in [5, 5.41) is 0. The second-order valence-electron chi connectivity index (χ2n) is 7.06. The van der Waals surface area contributed by atoms with E-state index < -0.39 is 0 Å². The Morgan fingerprint density at radius 1 is 0.242 bits per heavy atom. The van der Waals surface area contributed by atoms with Crippen LogP contribution in [0, 0.1) is 0 Å². The van der Waals surface area contributed by atoms with Gasteiger partial charge in [0.15, 0.2) is 0 Å². The minimum atomic E-state index is 0. The van der Waals surface area contributed by atoms with E-state index in [1.54, 1.807) is 0 Å². The molecule has 0 amide bonds. The minimum absolute atomic E-state index is 0. The van der Waals surface area contributed by atoms with Crippen molar-refractivity contribution in [3.8, 4) is 0 Å². The minimum Gasteiger partial charge on any atom is -1.00 e. The molecular formula is C12H50Cl2N8NiO10+6. The van der Waals surface area contributed by atoms with Crippen LogP contribution in [0.3, 0.4) is 0 Å². The molecule has 21 heteroatoms. The zero-order valence-electron chi connectivity index (χ0n) is 18.6. The second kappa shape index (κ2) is 24.1. The van der Waals surface area contributed by atoms with Crippen LogP contribution in [0.1, 0.15) is 0 Å². The summed E-state index contributed by atoms with van der Waals surface area (Å²) in [7, 11) is 0. The third-order valence-corrected chi connectivity index (χ3v) is 4.80. The monoisotopic (exact) mass is 594 g/mol. The molecule has 8 fully saturated rings. The van der Waals surface area contributed by atoms with Crippen molar-refractivity contribution in [2.24, 2.45) is 0 Å². The number of nitrogens with zero attached hydrogens (tertiary/aromatic N) is 8. The Kier molecular flexibility index (Phi) is 42.9. The van der Waals surface area contributed by atoms with Gasteiger partial charge in [0.05, 0.1) is 80.0 Å². The van der Waals surface area contributed by atoms with Gasteiger partial charge in [0, 0.05) is 0 Å². The summed E-state index contributed by atoms with van der Waals surface area (Å²) in [4.78, 5) is 19.8. The quantitative estimate of drug-likeness (QED) is 0.190. The standard InChI is InChI=1S/2C6H12N4.2ClH.Ni.10H2O/c2*1-7-2-9-4-8(1)5-10(3-7)6-9;;;;;;;;;;;;;/h2*1-6H2;2*1H;;10*1H2/q;;;;+2;;;;;;;;;;/p+4. The normalized spacial score (nSPS) is 34.9. The van der Waals surface area contributed by atoms with Crippen molar-refractivity contribution < 1.29 is 96.1 Å². The molecule has 216 valence electrons. The zero-order valence-corrected chi connectivity index (χ0v) is 21.1. The van der Waals surface area contributed by atoms with E-state index in [1.165, 1.54) is 80.0 Å². The molecule has 0 unspecified atom stereocenters. The van der Waals surface area contributed by atoms with E-state index >= 15 is 0 Å². The van der Waals surface area contributed by atoms with Gasteiger partial charge in [0.1, 0.15) is 0 Å². The van der Waals surface area contributed by atoms with Crippen LogP contribution in [0.5, 0.6) is 0 Å². The first-order valence-electron chi connectivity index (χ1n) is 7.59. The average Bonchev–Trinajstić information content (AvgIpc) is 2.35. The summed E-state index contributed by atoms with van der Waals surface area (Å²) in [5.74, 6) is 0. The van der Waals surface area contributed by atoms with Crippen LogP contribution >= 0.6 is 0 Å². The summed E-state index contributed by atoms with van der Waals surface area (Å²) < 4.78 is 0. The van der Waals surface area contributed by atoms with Crippen molar-refractivity contribution >= 4 is 0 Å². The molecule has 0 aromatic rings. The molecule has 33 heavy (non-hydrogen) atoms. The first-order chi connectivity index (χ1) is 9.80. The van der Waals surface area contributed by atoms with E-state index in [9.17, 15) is 0 Å². The predicted molar refractivity (Wildman–Crippen MR) is 117 cm³/mol. The van der Waals surface area contributed by atoms with E-state index in [2.05, 4.69) is 39.2 Å². The van der Waals surface area contributed by atoms with E-state index in [0.29, 0.717) is 0 Å². The predicted octanol–water partition coefficient (Wildman–Crippen LogP) is -16.9. The smallest absolute Gasteiger partial charge is 1.00 e. The van der Waals surface area contributed by atoms with Gasteiger partial charge in [-0.3, -0.25) is 39.2 Å². The van der Waals surface area contributed by atoms with Crippen molar-refractivity contribution in [1.82, 2.24) is 39.2 Å². The maximum absolute atomic E-state index is 2.47. The molecular weight excluding hydrogens is 546 g/mol. The Morgan fingerprint density at radius 3 is 0.364 bits per heavy atom. The molecule has 18 nitrogen and oxygen atoms in total. The molecule has 0 aromatic carbocycles. The molecule has 0 radical (unpaired) electrons. The molecule has 8 aliphatic heterocycles. The van der Waals surface area contributed by atoms with Crippen molar-refractivity contribution in [3.63, 3.8) is 0 Å². The number of rotatable bonds is 0. The number of halogens is 2. The SMILES string of the molecule is C1N2CN3CN1CN(C2)C3.C1N2CN3CN1CN(C2)C3.O.O.O.O.[Cl-].[Cl-].[Ni+2].[OH3+].[OH3+].[OH3+].[OH3+].[OH3+].[OH3+]. The fraction of sp³-hybridized carbons (Fsp3) is 1.00. The molecule has 0 aliphatic carbocycles. The summed E-state index contributed by atoms with van der Waals surface area (Å²) in [5.41, 5.74) is 0. The second-order valence-corrected chi connectivity index (χ2v) is 7.06. The van der Waals surface area contributed by atoms with Crippen LogP contribution < -0.4 is 24.8 Å². The Bertz CT molecular complexity index is 283. The largest absolute Gasteiger partial charge is 2.00 e. The molecule has 0 aromatic heterocycles. The maximum atomic E-state index is 2.47. The first-order valence-corrected chi connectivity index (χ1v) is 7.59. The molecule has 26 N–H and O–H groups in total. The number of hydrogen-bond donors (Lipinski definition) is 0. The van der Waals surface area contributed by atoms with Crippen LogP contribution in [-0.2, 0) is 49.3 Å². The van der Waals surface area contributed by atoms with Gasteiger partial charge in [-0.25, -0.2) is 0 Å². The summed E-state index contributed by atoms with van der Waals surface area (Å²) in [6, 6.07) is 0. The third-order valence-electron chi connectivity index (χ3n) is 4.80. The first kappa shape index (κ1) is 58.9. The van der Waals surface area contributed by atoms with Crippen LogP contribution in [0.25, 0.3) is 0 Å². The van der Waals surface area contributed by atoms with Crippen molar-refractivity contribution in [2.75, 3.05) is 80.0 Å². The zero-order chi connectivity index (χ0) is 13.1. The van der Waals surface area contributed by atoms with Crippen molar-refractivity contribution in [1.29, 1.82) is 0 Å². The third kappa shape index (κ3) is 12.7. The molecule has 0 saturated carbocycles. The molecule has 8 saturated heterocycles. The van der Waals surface area contributed by atoms with Gasteiger partial charge in [0.25, 0.3) is 0 Å². The maximum Gasteiger partial charge on any atom is 2.00 e. The van der Waals surface area contributed by atoms with Crippen molar-refractivity contribution in [2.45, 2.75) is 0 Å². The Hall–Kier alpha value is 0.354. The molecule has 8 bridgehead atoms. The van der Waals surface area contributed by atoms with Gasteiger partial charge < -0.3 is 79.6 Å². The molecule has 0 atom stereocenters. The van der Waals surface area contributed by atoms with Gasteiger partial charge >= 0.3 is 16.5 Å². The summed E-state index contributed by atoms with van der Waals surface area (Å²) in [6.07, 6.45) is 0. The molecule has 8 rings (SSSR count). The van der Waals surface area contributed by atoms with Crippen LogP contribution in [0.2, 0.25) is 0 Å². The molecule has 8 aliphatic rings. The van der Waals surface area contributed by atoms with Gasteiger partial charge in [-0.2, -0.15) is 0 Å². The summed E-state index contributed by atoms with van der Waals surface area (Å²) >= 11 is 0. The van der Waals surface area contributed by atoms with Gasteiger partial charge in [-0.1, -0.05) is 0 Å². The Balaban J connectivity index is -0.0000000358. The van der Waals surface area contributed by atoms with Gasteiger partial charge in [-0.15, -0.1) is 0 Å². The van der Waals surface area contributed by atoms with Crippen molar-refractivity contribution in [3.05, 3.63) is 0 Å². The molecule has 8 heterocycles. The Labute approximate surface area is 215 Å². The van der Waals surface area contributed by atoms with Crippen LogP contribution in [0.4, 0.5) is 0 Å². The fourth-order valence-electron chi connectivity index (χ4n) is 4.47. The van der Waals surface area contributed by atoms with E-state index in [4.69, 9.17) is 0 Å². The van der Waals surface area contributed by atoms with E-state index in [1.807, 2.05) is 0 Å². The van der Waals surface area contributed by atoms with E-state index in [0.717, 1.165) is 0 Å². The van der Waals surface area contributed by atoms with Crippen LogP contribution in [0.15, 0.2) is 0 Å². The number of hydrogen-bond acceptors (Lipinski definition) is 8. The van der Waals surface area contributed by atoms with Crippen LogP contribution in [-0.4, -0.2) is 141 Å². The molecule has 0 spiro atoms. The summed E-state index contributed by atoms with van der Waals surface area (Å²) in [6.45, 7) is 14.2. The van der Waals surface area contributed by atoms with Gasteiger partial charge in [-0.05, 0) is 0 Å². The topological polar surface area (TPSA) is 350 Å². The van der Waals surface area contributed by atoms with E-state index in [-0.39, 0.29) is 96.1 Å². The van der Waals surface area contributed by atoms with Gasteiger partial charge in [0.2, 0.25) is 0 Å².